The number of methoxy groups -OCH3 is 2. The molecule has 102 valence electrons. The van der Waals surface area contributed by atoms with Crippen LogP contribution in [0.25, 0.3) is 0 Å². The van der Waals surface area contributed by atoms with Crippen molar-refractivity contribution in [1.29, 1.82) is 0 Å². The third-order valence-electron chi connectivity index (χ3n) is 3.03. The van der Waals surface area contributed by atoms with E-state index in [-0.39, 0.29) is 6.04 Å². The molecule has 0 amide bonds. The van der Waals surface area contributed by atoms with Gasteiger partial charge in [-0.15, -0.1) is 0 Å². The van der Waals surface area contributed by atoms with Crippen LogP contribution in [0, 0.1) is 0 Å². The Morgan fingerprint density at radius 1 is 1.26 bits per heavy atom. The molecule has 2 aromatic rings. The largest absolute Gasteiger partial charge is 0.497 e. The van der Waals surface area contributed by atoms with Crippen LogP contribution in [-0.4, -0.2) is 24.0 Å². The molecule has 0 radical (unpaired) electrons. The minimum atomic E-state index is -0.181. The number of hydrogen-bond acceptors (Lipinski definition) is 4. The number of aromatic nitrogens is 2. The van der Waals surface area contributed by atoms with E-state index in [0.29, 0.717) is 6.42 Å². The van der Waals surface area contributed by atoms with Gasteiger partial charge in [-0.05, 0) is 24.3 Å². The monoisotopic (exact) mass is 261 g/mol. The summed E-state index contributed by atoms with van der Waals surface area (Å²) in [7, 11) is 5.16. The summed E-state index contributed by atoms with van der Waals surface area (Å²) in [5, 5.41) is 4.34. The molecule has 2 rings (SSSR count). The second-order valence-electron chi connectivity index (χ2n) is 4.40. The summed E-state index contributed by atoms with van der Waals surface area (Å²) in [4.78, 5) is 0. The van der Waals surface area contributed by atoms with Crippen LogP contribution in [0.1, 0.15) is 17.3 Å². The molecule has 0 fully saturated rings. The van der Waals surface area contributed by atoms with Crippen molar-refractivity contribution in [2.45, 2.75) is 12.5 Å². The Morgan fingerprint density at radius 3 is 2.63 bits per heavy atom. The van der Waals surface area contributed by atoms with E-state index >= 15 is 0 Å². The second kappa shape index (κ2) is 5.75. The summed E-state index contributed by atoms with van der Waals surface area (Å²) in [6.07, 6.45) is 2.56. The molecule has 0 aliphatic rings. The van der Waals surface area contributed by atoms with Crippen molar-refractivity contribution in [3.63, 3.8) is 0 Å². The van der Waals surface area contributed by atoms with Crippen molar-refractivity contribution in [1.82, 2.24) is 9.78 Å². The Hall–Kier alpha value is -2.01. The molecule has 0 aliphatic carbocycles. The highest BCUT2D eigenvalue weighted by Gasteiger charge is 2.15. The highest BCUT2D eigenvalue weighted by atomic mass is 16.5. The van der Waals surface area contributed by atoms with E-state index in [1.807, 2.05) is 37.5 Å². The van der Waals surface area contributed by atoms with Gasteiger partial charge in [0, 0.05) is 31.3 Å². The van der Waals surface area contributed by atoms with Gasteiger partial charge in [0.1, 0.15) is 11.5 Å². The summed E-state index contributed by atoms with van der Waals surface area (Å²) in [5.41, 5.74) is 8.13. The lowest BCUT2D eigenvalue weighted by Crippen LogP contribution is -2.15. The van der Waals surface area contributed by atoms with Crippen LogP contribution in [-0.2, 0) is 13.5 Å². The van der Waals surface area contributed by atoms with E-state index in [2.05, 4.69) is 5.10 Å². The number of ether oxygens (including phenoxy) is 2. The van der Waals surface area contributed by atoms with E-state index in [9.17, 15) is 0 Å². The maximum Gasteiger partial charge on any atom is 0.123 e. The first kappa shape index (κ1) is 13.4. The zero-order valence-corrected chi connectivity index (χ0v) is 11.5. The Balaban J connectivity index is 2.23. The molecular weight excluding hydrogens is 242 g/mol. The zero-order chi connectivity index (χ0) is 13.8. The van der Waals surface area contributed by atoms with Gasteiger partial charge in [0.05, 0.1) is 19.9 Å². The van der Waals surface area contributed by atoms with Crippen molar-refractivity contribution in [2.75, 3.05) is 14.2 Å². The van der Waals surface area contributed by atoms with E-state index in [0.717, 1.165) is 22.8 Å². The van der Waals surface area contributed by atoms with Gasteiger partial charge in [0.15, 0.2) is 0 Å². The van der Waals surface area contributed by atoms with E-state index in [4.69, 9.17) is 15.2 Å². The number of hydrogen-bond donors (Lipinski definition) is 1. The summed E-state index contributed by atoms with van der Waals surface area (Å²) < 4.78 is 12.3. The van der Waals surface area contributed by atoms with Gasteiger partial charge in [0.25, 0.3) is 0 Å². The lowest BCUT2D eigenvalue weighted by molar-refractivity contribution is 0.395. The lowest BCUT2D eigenvalue weighted by Gasteiger charge is -2.16. The Bertz CT molecular complexity index is 551. The molecule has 0 aliphatic heterocycles. The van der Waals surface area contributed by atoms with Crippen molar-refractivity contribution in [3.05, 3.63) is 41.7 Å². The maximum atomic E-state index is 6.25. The van der Waals surface area contributed by atoms with Crippen molar-refractivity contribution >= 4 is 0 Å². The van der Waals surface area contributed by atoms with Gasteiger partial charge in [-0.3, -0.25) is 4.68 Å². The van der Waals surface area contributed by atoms with Crippen LogP contribution in [0.3, 0.4) is 0 Å². The van der Waals surface area contributed by atoms with Crippen LogP contribution in [0.2, 0.25) is 0 Å². The van der Waals surface area contributed by atoms with Crippen LogP contribution in [0.5, 0.6) is 11.5 Å². The molecule has 0 bridgehead atoms. The molecule has 0 saturated heterocycles. The van der Waals surface area contributed by atoms with Crippen LogP contribution in [0.15, 0.2) is 30.5 Å². The van der Waals surface area contributed by atoms with Gasteiger partial charge in [-0.1, -0.05) is 0 Å². The Morgan fingerprint density at radius 2 is 2.05 bits per heavy atom. The first-order chi connectivity index (χ1) is 9.13. The van der Waals surface area contributed by atoms with Crippen molar-refractivity contribution in [2.24, 2.45) is 12.8 Å². The fourth-order valence-corrected chi connectivity index (χ4v) is 2.04. The molecule has 1 aromatic heterocycles. The molecule has 19 heavy (non-hydrogen) atoms. The van der Waals surface area contributed by atoms with E-state index in [1.165, 1.54) is 0 Å². The SMILES string of the molecule is COc1ccc(OC)c(C(N)Cc2ccn(C)n2)c1. The number of nitrogens with two attached hydrogens (primary N) is 1. The Kier molecular flexibility index (Phi) is 4.06. The number of aryl methyl sites for hydroxylation is 1. The van der Waals surface area contributed by atoms with Gasteiger partial charge in [-0.2, -0.15) is 5.10 Å². The fourth-order valence-electron chi connectivity index (χ4n) is 2.04. The van der Waals surface area contributed by atoms with Crippen LogP contribution in [0.4, 0.5) is 0 Å². The molecule has 1 heterocycles. The Labute approximate surface area is 112 Å². The molecule has 0 spiro atoms. The maximum absolute atomic E-state index is 6.25. The highest BCUT2D eigenvalue weighted by Crippen LogP contribution is 2.29. The van der Waals surface area contributed by atoms with E-state index in [1.54, 1.807) is 18.9 Å². The quantitative estimate of drug-likeness (QED) is 0.889. The predicted octanol–water partition coefficient (Wildman–Crippen LogP) is 1.68. The molecule has 2 N–H and O–H groups in total. The van der Waals surface area contributed by atoms with Crippen LogP contribution >= 0.6 is 0 Å². The van der Waals surface area contributed by atoms with E-state index < -0.39 is 0 Å². The fraction of sp³-hybridized carbons (Fsp3) is 0.357. The first-order valence-electron chi connectivity index (χ1n) is 6.10. The molecule has 1 atom stereocenters. The number of benzene rings is 1. The molecule has 1 unspecified atom stereocenters. The first-order valence-corrected chi connectivity index (χ1v) is 6.10. The summed E-state index contributed by atoms with van der Waals surface area (Å²) in [5.74, 6) is 1.54. The summed E-state index contributed by atoms with van der Waals surface area (Å²) in [6, 6.07) is 7.42. The lowest BCUT2D eigenvalue weighted by atomic mass is 10.0. The number of rotatable bonds is 5. The van der Waals surface area contributed by atoms with Crippen LogP contribution < -0.4 is 15.2 Å². The normalized spacial score (nSPS) is 12.2. The van der Waals surface area contributed by atoms with Gasteiger partial charge < -0.3 is 15.2 Å². The van der Waals surface area contributed by atoms with Gasteiger partial charge in [0.2, 0.25) is 0 Å². The summed E-state index contributed by atoms with van der Waals surface area (Å²) in [6.45, 7) is 0. The average Bonchev–Trinajstić information content (AvgIpc) is 2.83. The average molecular weight is 261 g/mol. The number of nitrogens with zero attached hydrogens (tertiary/aromatic N) is 2. The predicted molar refractivity (Wildman–Crippen MR) is 73.4 cm³/mol. The highest BCUT2D eigenvalue weighted by molar-refractivity contribution is 5.42. The standard InChI is InChI=1S/C14H19N3O2/c1-17-7-6-10(16-17)8-13(15)12-9-11(18-2)4-5-14(12)19-3/h4-7,9,13H,8,15H2,1-3H3. The third kappa shape index (κ3) is 3.06. The molecular formula is C14H19N3O2. The van der Waals surface area contributed by atoms with Crippen molar-refractivity contribution in [3.8, 4) is 11.5 Å². The topological polar surface area (TPSA) is 62.3 Å². The zero-order valence-electron chi connectivity index (χ0n) is 11.5. The minimum Gasteiger partial charge on any atom is -0.497 e. The van der Waals surface area contributed by atoms with Crippen molar-refractivity contribution < 1.29 is 9.47 Å². The molecule has 5 nitrogen and oxygen atoms in total. The third-order valence-corrected chi connectivity index (χ3v) is 3.03. The molecule has 0 saturated carbocycles. The van der Waals surface area contributed by atoms with Gasteiger partial charge in [-0.25, -0.2) is 0 Å². The second-order valence-corrected chi connectivity index (χ2v) is 4.40. The minimum absolute atomic E-state index is 0.181. The summed E-state index contributed by atoms with van der Waals surface area (Å²) >= 11 is 0. The molecule has 1 aromatic carbocycles. The molecule has 5 heteroatoms. The smallest absolute Gasteiger partial charge is 0.123 e. The van der Waals surface area contributed by atoms with Gasteiger partial charge >= 0.3 is 0 Å².